The highest BCUT2D eigenvalue weighted by Crippen LogP contribution is 2.26. The third-order valence-electron chi connectivity index (χ3n) is 4.68. The number of carbonyl (C=O) groups is 1. The third-order valence-corrected chi connectivity index (χ3v) is 4.99. The van der Waals surface area contributed by atoms with Crippen LogP contribution in [0.1, 0.15) is 29.6 Å². The van der Waals surface area contributed by atoms with E-state index in [1.54, 1.807) is 4.90 Å². The van der Waals surface area contributed by atoms with Gasteiger partial charge in [0.25, 0.3) is 5.91 Å². The molecule has 22 heavy (non-hydrogen) atoms. The van der Waals surface area contributed by atoms with Crippen LogP contribution in [0, 0.1) is 5.82 Å². The van der Waals surface area contributed by atoms with E-state index < -0.39 is 5.82 Å². The van der Waals surface area contributed by atoms with Crippen LogP contribution in [-0.2, 0) is 0 Å². The van der Waals surface area contributed by atoms with E-state index in [1.165, 1.54) is 18.2 Å². The van der Waals surface area contributed by atoms with E-state index in [0.717, 1.165) is 32.4 Å². The number of hydrogen-bond acceptors (Lipinski definition) is 3. The average Bonchev–Trinajstić information content (AvgIpc) is 2.93. The summed E-state index contributed by atoms with van der Waals surface area (Å²) in [5, 5.41) is 10.1. The van der Waals surface area contributed by atoms with Crippen molar-refractivity contribution in [1.29, 1.82) is 0 Å². The number of hydrogen-bond donors (Lipinski definition) is 1. The SMILES string of the molecule is O=C(c1ccc(F)cc1Cl)N1CCN([C@H]2CCC[C@@H]2O)CC1. The van der Waals surface area contributed by atoms with Crippen molar-refractivity contribution < 1.29 is 14.3 Å². The normalized spacial score (nSPS) is 26.4. The molecule has 0 unspecified atom stereocenters. The molecule has 1 aromatic carbocycles. The standard InChI is InChI=1S/C16H20ClFN2O2/c17-13-10-11(18)4-5-12(13)16(22)20-8-6-19(7-9-20)14-2-1-3-15(14)21/h4-5,10,14-15,21H,1-3,6-9H2/t14-,15-/m0/s1. The highest BCUT2D eigenvalue weighted by Gasteiger charge is 2.33. The van der Waals surface area contributed by atoms with Gasteiger partial charge in [0.05, 0.1) is 16.7 Å². The number of rotatable bonds is 2. The Morgan fingerprint density at radius 1 is 1.23 bits per heavy atom. The van der Waals surface area contributed by atoms with Crippen molar-refractivity contribution in [2.75, 3.05) is 26.2 Å². The van der Waals surface area contributed by atoms with E-state index in [-0.39, 0.29) is 23.1 Å². The molecule has 1 aliphatic heterocycles. The molecule has 1 aliphatic carbocycles. The van der Waals surface area contributed by atoms with Gasteiger partial charge in [-0.15, -0.1) is 0 Å². The van der Waals surface area contributed by atoms with Gasteiger partial charge in [0, 0.05) is 32.2 Å². The molecular formula is C16H20ClFN2O2. The van der Waals surface area contributed by atoms with Crippen LogP contribution in [0.15, 0.2) is 18.2 Å². The first-order valence-electron chi connectivity index (χ1n) is 7.72. The first-order chi connectivity index (χ1) is 10.6. The van der Waals surface area contributed by atoms with Crippen LogP contribution in [0.25, 0.3) is 0 Å². The molecule has 2 fully saturated rings. The van der Waals surface area contributed by atoms with Crippen molar-refractivity contribution in [3.8, 4) is 0 Å². The van der Waals surface area contributed by atoms with E-state index in [0.29, 0.717) is 18.7 Å². The molecular weight excluding hydrogens is 307 g/mol. The van der Waals surface area contributed by atoms with Crippen LogP contribution in [0.2, 0.25) is 5.02 Å². The molecule has 2 aliphatic rings. The second-order valence-electron chi connectivity index (χ2n) is 6.02. The molecule has 3 rings (SSSR count). The number of aliphatic hydroxyl groups is 1. The van der Waals surface area contributed by atoms with Crippen LogP contribution < -0.4 is 0 Å². The summed E-state index contributed by atoms with van der Waals surface area (Å²) in [6.45, 7) is 2.73. The lowest BCUT2D eigenvalue weighted by molar-refractivity contribution is 0.0315. The van der Waals surface area contributed by atoms with Gasteiger partial charge in [0.1, 0.15) is 5.82 Å². The molecule has 6 heteroatoms. The maximum absolute atomic E-state index is 13.1. The third kappa shape index (κ3) is 3.12. The summed E-state index contributed by atoms with van der Waals surface area (Å²) < 4.78 is 13.1. The second kappa shape index (κ2) is 6.52. The van der Waals surface area contributed by atoms with Gasteiger partial charge in [-0.1, -0.05) is 11.6 Å². The number of carbonyl (C=O) groups excluding carboxylic acids is 1. The maximum atomic E-state index is 13.1. The van der Waals surface area contributed by atoms with Crippen LogP contribution >= 0.6 is 11.6 Å². The Kier molecular flexibility index (Phi) is 4.66. The minimum Gasteiger partial charge on any atom is -0.391 e. The van der Waals surface area contributed by atoms with Gasteiger partial charge < -0.3 is 10.0 Å². The molecule has 1 heterocycles. The molecule has 0 spiro atoms. The first kappa shape index (κ1) is 15.7. The van der Waals surface area contributed by atoms with Gasteiger partial charge in [-0.25, -0.2) is 4.39 Å². The number of piperazine rings is 1. The fourth-order valence-electron chi connectivity index (χ4n) is 3.44. The van der Waals surface area contributed by atoms with Crippen LogP contribution in [0.5, 0.6) is 0 Å². The van der Waals surface area contributed by atoms with E-state index in [2.05, 4.69) is 4.90 Å². The summed E-state index contributed by atoms with van der Waals surface area (Å²) in [6, 6.07) is 4.09. The van der Waals surface area contributed by atoms with Gasteiger partial charge in [0.15, 0.2) is 0 Å². The number of benzene rings is 1. The van der Waals surface area contributed by atoms with Crippen molar-refractivity contribution >= 4 is 17.5 Å². The van der Waals surface area contributed by atoms with Gasteiger partial charge >= 0.3 is 0 Å². The van der Waals surface area contributed by atoms with Gasteiger partial charge in [-0.3, -0.25) is 9.69 Å². The van der Waals surface area contributed by atoms with E-state index >= 15 is 0 Å². The topological polar surface area (TPSA) is 43.8 Å². The van der Waals surface area contributed by atoms with Crippen molar-refractivity contribution in [3.63, 3.8) is 0 Å². The van der Waals surface area contributed by atoms with E-state index in [4.69, 9.17) is 11.6 Å². The van der Waals surface area contributed by atoms with Crippen molar-refractivity contribution in [1.82, 2.24) is 9.80 Å². The van der Waals surface area contributed by atoms with Gasteiger partial charge in [0.2, 0.25) is 0 Å². The highest BCUT2D eigenvalue weighted by molar-refractivity contribution is 6.33. The Balaban J connectivity index is 1.62. The summed E-state index contributed by atoms with van der Waals surface area (Å²) in [7, 11) is 0. The molecule has 1 aromatic rings. The lowest BCUT2D eigenvalue weighted by atomic mass is 10.1. The smallest absolute Gasteiger partial charge is 0.255 e. The summed E-state index contributed by atoms with van der Waals surface area (Å²) in [4.78, 5) is 16.5. The number of amides is 1. The van der Waals surface area contributed by atoms with Crippen molar-refractivity contribution in [2.45, 2.75) is 31.4 Å². The minimum absolute atomic E-state index is 0.152. The Morgan fingerprint density at radius 3 is 2.55 bits per heavy atom. The Morgan fingerprint density at radius 2 is 1.95 bits per heavy atom. The second-order valence-corrected chi connectivity index (χ2v) is 6.43. The summed E-state index contributed by atoms with van der Waals surface area (Å²) in [5.74, 6) is -0.599. The molecule has 1 amide bonds. The zero-order chi connectivity index (χ0) is 15.7. The van der Waals surface area contributed by atoms with Gasteiger partial charge in [-0.2, -0.15) is 0 Å². The number of aliphatic hydroxyl groups excluding tert-OH is 1. The number of nitrogens with zero attached hydrogens (tertiary/aromatic N) is 2. The summed E-state index contributed by atoms with van der Waals surface area (Å²) in [6.07, 6.45) is 2.72. The Hall–Kier alpha value is -1.17. The molecule has 1 N–H and O–H groups in total. The van der Waals surface area contributed by atoms with Crippen LogP contribution in [0.3, 0.4) is 0 Å². The Labute approximate surface area is 134 Å². The molecule has 1 saturated carbocycles. The predicted molar refractivity (Wildman–Crippen MR) is 82.5 cm³/mol. The lowest BCUT2D eigenvalue weighted by Crippen LogP contribution is -2.53. The predicted octanol–water partition coefficient (Wildman–Crippen LogP) is 2.15. The molecule has 2 atom stereocenters. The summed E-state index contributed by atoms with van der Waals surface area (Å²) >= 11 is 5.96. The minimum atomic E-state index is -0.443. The first-order valence-corrected chi connectivity index (χ1v) is 8.10. The van der Waals surface area contributed by atoms with E-state index in [1.807, 2.05) is 0 Å². The molecule has 0 bridgehead atoms. The quantitative estimate of drug-likeness (QED) is 0.905. The number of halogens is 2. The van der Waals surface area contributed by atoms with Crippen LogP contribution in [-0.4, -0.2) is 59.1 Å². The molecule has 4 nitrogen and oxygen atoms in total. The average molecular weight is 327 g/mol. The van der Waals surface area contributed by atoms with Crippen molar-refractivity contribution in [3.05, 3.63) is 34.6 Å². The van der Waals surface area contributed by atoms with E-state index in [9.17, 15) is 14.3 Å². The molecule has 120 valence electrons. The largest absolute Gasteiger partial charge is 0.391 e. The van der Waals surface area contributed by atoms with Gasteiger partial charge in [-0.05, 0) is 37.5 Å². The molecule has 1 saturated heterocycles. The molecule has 0 radical (unpaired) electrons. The fraction of sp³-hybridized carbons (Fsp3) is 0.562. The monoisotopic (exact) mass is 326 g/mol. The fourth-order valence-corrected chi connectivity index (χ4v) is 3.68. The maximum Gasteiger partial charge on any atom is 0.255 e. The highest BCUT2D eigenvalue weighted by atomic mass is 35.5. The zero-order valence-corrected chi connectivity index (χ0v) is 13.1. The molecule has 0 aromatic heterocycles. The van der Waals surface area contributed by atoms with Crippen molar-refractivity contribution in [2.24, 2.45) is 0 Å². The summed E-state index contributed by atoms with van der Waals surface area (Å²) in [5.41, 5.74) is 0.345. The Bertz CT molecular complexity index is 561. The zero-order valence-electron chi connectivity index (χ0n) is 12.3. The lowest BCUT2D eigenvalue weighted by Gasteiger charge is -2.39. The van der Waals surface area contributed by atoms with Crippen LogP contribution in [0.4, 0.5) is 4.39 Å².